The maximum atomic E-state index is 9.65. The lowest BCUT2D eigenvalue weighted by Crippen LogP contribution is -2.10. The first kappa shape index (κ1) is 58.9. The van der Waals surface area contributed by atoms with E-state index in [4.69, 9.17) is 95.4 Å². The number of phenolic OH excluding ortho intramolecular Hbond substituents is 3. The minimum atomic E-state index is -0.118. The van der Waals surface area contributed by atoms with E-state index in [1.165, 1.54) is 5.56 Å². The van der Waals surface area contributed by atoms with Gasteiger partial charge in [0.15, 0.2) is 17.2 Å². The Labute approximate surface area is 489 Å². The third-order valence-electron chi connectivity index (χ3n) is 11.5. The summed E-state index contributed by atoms with van der Waals surface area (Å²) in [7, 11) is 0. The zero-order chi connectivity index (χ0) is 55.8. The van der Waals surface area contributed by atoms with Crippen LogP contribution < -0.4 is 30.2 Å². The third kappa shape index (κ3) is 18.1. The molecule has 0 radical (unpaired) electrons. The second-order valence-corrected chi connectivity index (χ2v) is 21.5. The first-order valence-electron chi connectivity index (χ1n) is 24.3. The number of hydrogen-bond donors (Lipinski definition) is 6. The maximum Gasteiger partial charge on any atom is 0.152 e. The van der Waals surface area contributed by atoms with E-state index in [-0.39, 0.29) is 52.8 Å². The highest BCUT2D eigenvalue weighted by molar-refractivity contribution is 6.38. The third-order valence-corrected chi connectivity index (χ3v) is 13.5. The Hall–Kier alpha value is -6.79. The van der Waals surface area contributed by atoms with Gasteiger partial charge in [0.25, 0.3) is 0 Å². The summed E-state index contributed by atoms with van der Waals surface area (Å²) < 4.78 is 17.6. The first-order chi connectivity index (χ1) is 37.3. The Morgan fingerprint density at radius 3 is 1.06 bits per heavy atom. The maximum absolute atomic E-state index is 9.65. The molecule has 0 amide bonds. The number of phenols is 3. The number of ether oxygens (including phenoxy) is 3. The molecular formula is C62H54Cl7N3O6. The van der Waals surface area contributed by atoms with Gasteiger partial charge in [-0.2, -0.15) is 0 Å². The van der Waals surface area contributed by atoms with Crippen LogP contribution in [0.1, 0.15) is 48.6 Å². The molecule has 9 aromatic carbocycles. The van der Waals surface area contributed by atoms with Gasteiger partial charge < -0.3 is 45.5 Å². The fourth-order valence-electron chi connectivity index (χ4n) is 7.34. The zero-order valence-corrected chi connectivity index (χ0v) is 47.7. The number of anilines is 3. The lowest BCUT2D eigenvalue weighted by Gasteiger charge is -2.19. The summed E-state index contributed by atoms with van der Waals surface area (Å²) >= 11 is 41.5. The van der Waals surface area contributed by atoms with Crippen molar-refractivity contribution in [3.63, 3.8) is 0 Å². The van der Waals surface area contributed by atoms with Crippen molar-refractivity contribution in [2.75, 3.05) is 16.0 Å². The van der Waals surface area contributed by atoms with Gasteiger partial charge in [-0.1, -0.05) is 181 Å². The molecule has 0 bridgehead atoms. The molecule has 0 saturated carbocycles. The largest absolute Gasteiger partial charge is 0.505 e. The van der Waals surface area contributed by atoms with Crippen molar-refractivity contribution in [2.45, 2.75) is 52.4 Å². The van der Waals surface area contributed by atoms with Crippen LogP contribution in [-0.4, -0.2) is 15.3 Å². The van der Waals surface area contributed by atoms with Crippen LogP contribution in [0, 0.1) is 0 Å². The van der Waals surface area contributed by atoms with Gasteiger partial charge in [-0.15, -0.1) is 0 Å². The molecule has 0 aliphatic heterocycles. The summed E-state index contributed by atoms with van der Waals surface area (Å²) in [6, 6.07) is 58.6. The van der Waals surface area contributed by atoms with Gasteiger partial charge in [-0.05, 0) is 142 Å². The smallest absolute Gasteiger partial charge is 0.152 e. The average molecular weight is 1190 g/mol. The monoisotopic (exact) mass is 1180 g/mol. The molecule has 78 heavy (non-hydrogen) atoms. The van der Waals surface area contributed by atoms with Crippen LogP contribution in [0.3, 0.4) is 0 Å². The Bertz CT molecular complexity index is 3350. The number of hydrogen-bond acceptors (Lipinski definition) is 9. The van der Waals surface area contributed by atoms with E-state index in [0.29, 0.717) is 37.0 Å². The van der Waals surface area contributed by atoms with E-state index in [2.05, 4.69) is 48.9 Å². The number of rotatable bonds is 16. The van der Waals surface area contributed by atoms with Crippen LogP contribution in [0.2, 0.25) is 35.2 Å². The standard InChI is InChI=1S/C23H23Cl2NO2.C20H17Cl2NO2.C19H14Cl3NO2/c1-23(2,3)16-7-9-18(10-8-16)28-19-6-4-5-15(11-19)14-26-17-12-20(24)22(27)21(25)13-17;21-18-10-16(11-19(22)20(18)24)23-12-15-7-4-8-17(9-15)25-13-14-5-2-1-3-6-14;20-13-4-6-15(7-5-13)25-16-3-1-2-12(8-16)11-23-14-9-17(21)19(24)18(22)10-14/h4-13,26-27H,14H2,1-3H3;1-11,23-24H,12-13H2;1-10,23-24H,11H2. The predicted molar refractivity (Wildman–Crippen MR) is 323 cm³/mol. The molecule has 0 saturated heterocycles. The van der Waals surface area contributed by atoms with E-state index in [1.807, 2.05) is 127 Å². The van der Waals surface area contributed by atoms with E-state index >= 15 is 0 Å². The first-order valence-corrected chi connectivity index (χ1v) is 26.9. The molecular weight excluding hydrogens is 1130 g/mol. The highest BCUT2D eigenvalue weighted by Gasteiger charge is 2.14. The molecule has 0 unspecified atom stereocenters. The van der Waals surface area contributed by atoms with Crippen molar-refractivity contribution in [1.82, 2.24) is 0 Å². The van der Waals surface area contributed by atoms with Gasteiger partial charge in [0, 0.05) is 41.7 Å². The Morgan fingerprint density at radius 2 is 0.692 bits per heavy atom. The van der Waals surface area contributed by atoms with E-state index in [9.17, 15) is 15.3 Å². The van der Waals surface area contributed by atoms with E-state index in [1.54, 1.807) is 48.5 Å². The van der Waals surface area contributed by atoms with Gasteiger partial charge in [-0.25, -0.2) is 0 Å². The summed E-state index contributed by atoms with van der Waals surface area (Å²) in [5.41, 5.74) is 7.83. The second kappa shape index (κ2) is 28.2. The molecule has 0 aliphatic rings. The Balaban J connectivity index is 0.000000170. The molecule has 16 heteroatoms. The Kier molecular flexibility index (Phi) is 21.3. The molecule has 9 aromatic rings. The highest BCUT2D eigenvalue weighted by Crippen LogP contribution is 2.38. The molecule has 0 atom stereocenters. The lowest BCUT2D eigenvalue weighted by molar-refractivity contribution is 0.306. The van der Waals surface area contributed by atoms with Gasteiger partial charge in [-0.3, -0.25) is 0 Å². The number of benzene rings is 9. The molecule has 402 valence electrons. The van der Waals surface area contributed by atoms with Crippen molar-refractivity contribution >= 4 is 98.3 Å². The normalized spacial score (nSPS) is 10.8. The van der Waals surface area contributed by atoms with Gasteiger partial charge in [0.1, 0.15) is 35.4 Å². The van der Waals surface area contributed by atoms with Gasteiger partial charge >= 0.3 is 0 Å². The van der Waals surface area contributed by atoms with Gasteiger partial charge in [0.2, 0.25) is 0 Å². The topological polar surface area (TPSA) is 124 Å². The second-order valence-electron chi connectivity index (χ2n) is 18.6. The summed E-state index contributed by atoms with van der Waals surface area (Å²) in [6.45, 7) is 8.79. The predicted octanol–water partition coefficient (Wildman–Crippen LogP) is 20.0. The van der Waals surface area contributed by atoms with Crippen molar-refractivity contribution in [3.8, 4) is 46.0 Å². The van der Waals surface area contributed by atoms with Crippen LogP contribution >= 0.6 is 81.2 Å². The Morgan fingerprint density at radius 1 is 0.359 bits per heavy atom. The minimum absolute atomic E-state index is 0.106. The van der Waals surface area contributed by atoms with Crippen molar-refractivity contribution in [1.29, 1.82) is 0 Å². The van der Waals surface area contributed by atoms with E-state index in [0.717, 1.165) is 62.3 Å². The van der Waals surface area contributed by atoms with Crippen LogP contribution in [-0.2, 0) is 31.7 Å². The number of halogens is 7. The van der Waals surface area contributed by atoms with Crippen molar-refractivity contribution in [3.05, 3.63) is 251 Å². The fourth-order valence-corrected chi connectivity index (χ4v) is 8.92. The van der Waals surface area contributed by atoms with Crippen molar-refractivity contribution in [2.24, 2.45) is 0 Å². The highest BCUT2D eigenvalue weighted by atomic mass is 35.5. The fraction of sp³-hybridized carbons (Fsp3) is 0.129. The zero-order valence-electron chi connectivity index (χ0n) is 42.4. The molecule has 9 rings (SSSR count). The van der Waals surface area contributed by atoms with Crippen LogP contribution in [0.15, 0.2) is 188 Å². The summed E-state index contributed by atoms with van der Waals surface area (Å²) in [6.07, 6.45) is 0. The summed E-state index contributed by atoms with van der Waals surface area (Å²) in [5.74, 6) is 3.49. The lowest BCUT2D eigenvalue weighted by atomic mass is 9.87. The van der Waals surface area contributed by atoms with Crippen LogP contribution in [0.25, 0.3) is 0 Å². The quantitative estimate of drug-likeness (QED) is 0.0525. The number of nitrogens with one attached hydrogen (secondary N) is 3. The molecule has 0 heterocycles. The SMILES string of the molecule is CC(C)(C)c1ccc(Oc2cccc(CNc3cc(Cl)c(O)c(Cl)c3)c2)cc1.Oc1c(Cl)cc(NCc2cccc(OCc3ccccc3)c2)cc1Cl.Oc1c(Cl)cc(NCc2cccc(Oc3ccc(Cl)cc3)c2)cc1Cl. The minimum Gasteiger partial charge on any atom is -0.505 e. The molecule has 6 N–H and O–H groups in total. The molecule has 0 spiro atoms. The average Bonchev–Trinajstić information content (AvgIpc) is 3.42. The molecule has 0 aromatic heterocycles. The van der Waals surface area contributed by atoms with E-state index < -0.39 is 0 Å². The van der Waals surface area contributed by atoms with Crippen LogP contribution in [0.5, 0.6) is 46.0 Å². The van der Waals surface area contributed by atoms with Crippen LogP contribution in [0.4, 0.5) is 17.1 Å². The summed E-state index contributed by atoms with van der Waals surface area (Å²) in [5, 5.41) is 40.5. The number of aromatic hydroxyl groups is 3. The molecule has 9 nitrogen and oxygen atoms in total. The van der Waals surface area contributed by atoms with Crippen molar-refractivity contribution < 1.29 is 29.5 Å². The molecule has 0 aliphatic carbocycles. The van der Waals surface area contributed by atoms with Gasteiger partial charge in [0.05, 0.1) is 30.1 Å². The summed E-state index contributed by atoms with van der Waals surface area (Å²) in [4.78, 5) is 0. The molecule has 0 fully saturated rings.